The molecule has 0 unspecified atom stereocenters. The maximum atomic E-state index is 12.2. The number of aliphatic hydroxyl groups is 1. The fourth-order valence-corrected chi connectivity index (χ4v) is 8.09. The van der Waals surface area contributed by atoms with Crippen molar-refractivity contribution >= 4 is 87.5 Å². The second-order valence-electron chi connectivity index (χ2n) is 15.4. The third kappa shape index (κ3) is 10.8. The molecule has 6 heterocycles. The Morgan fingerprint density at radius 1 is 0.692 bits per heavy atom. The average molecular weight is 913 g/mol. The number of imidazole rings is 2. The van der Waals surface area contributed by atoms with Gasteiger partial charge in [0.2, 0.25) is 23.7 Å². The number of aryl methyl sites for hydroxylation is 2. The lowest BCUT2D eigenvalue weighted by Crippen LogP contribution is -2.12. The molecule has 19 nitrogen and oxygen atoms in total. The summed E-state index contributed by atoms with van der Waals surface area (Å²) < 4.78 is 8.57. The van der Waals surface area contributed by atoms with Gasteiger partial charge in [-0.3, -0.25) is 28.6 Å². The Bertz CT molecular complexity index is 3010. The molecule has 0 atom stereocenters. The quantitative estimate of drug-likeness (QED) is 0.0385. The van der Waals surface area contributed by atoms with E-state index in [0.717, 1.165) is 63.3 Å². The van der Waals surface area contributed by atoms with Crippen molar-refractivity contribution in [2.75, 3.05) is 27.9 Å². The highest BCUT2D eigenvalue weighted by Crippen LogP contribution is 2.34. The van der Waals surface area contributed by atoms with Gasteiger partial charge < -0.3 is 31.1 Å². The number of aromatic amines is 2. The summed E-state index contributed by atoms with van der Waals surface area (Å²) in [4.78, 5) is 56.4. The number of H-pyrrole nitrogens is 2. The lowest BCUT2D eigenvalue weighted by molar-refractivity contribution is -0.118. The standard InChI is InChI=1S/C23H23N7O3S.C21H21N7O2S/c1-3-33-22(32)17-12-30-19(25-17)11-20(27-23(30)26-18-10-13(2)28-29-18)34-16-8-6-15(7-9-16)24-21(31)14-4-5-14;1-12-8-17(27-26-12)24-21-25-19(9-18-22-15(11-29)10-28(18)21)31-16-6-4-14(5-7-16)23-20(30)13-2-3-13/h6-12,14H,3-5H2,1-2H3,(H,24,31)(H2,26,27,28,29);4-10,13,29H,2-3,11H2,1H3,(H,23,30)(H2,24,25,26,27). The average Bonchev–Trinajstić information content (AvgIpc) is 4.16. The predicted octanol–water partition coefficient (Wildman–Crippen LogP) is 7.68. The van der Waals surface area contributed by atoms with Crippen LogP contribution >= 0.6 is 23.5 Å². The second kappa shape index (κ2) is 18.9. The van der Waals surface area contributed by atoms with E-state index < -0.39 is 5.97 Å². The molecule has 0 bridgehead atoms. The topological polar surface area (TPSA) is 247 Å². The summed E-state index contributed by atoms with van der Waals surface area (Å²) in [5.74, 6) is 2.25. The maximum Gasteiger partial charge on any atom is 0.358 e. The molecule has 6 aromatic heterocycles. The van der Waals surface area contributed by atoms with Gasteiger partial charge in [0.05, 0.1) is 18.9 Å². The zero-order valence-corrected chi connectivity index (χ0v) is 37.1. The molecule has 2 aliphatic rings. The highest BCUT2D eigenvalue weighted by molar-refractivity contribution is 7.99. The van der Waals surface area contributed by atoms with Crippen LogP contribution in [0.3, 0.4) is 0 Å². The van der Waals surface area contributed by atoms with Crippen molar-refractivity contribution in [2.24, 2.45) is 11.8 Å². The van der Waals surface area contributed by atoms with Crippen LogP contribution in [0.25, 0.3) is 11.3 Å². The number of amides is 2. The SMILES string of the molecule is CCOC(=O)c1cn2c(Nc3cc(C)[nH]n3)nc(Sc3ccc(NC(=O)C4CC4)cc3)cc2n1.Cc1cc(Nc2nc(Sc3ccc(NC(=O)C4CC4)cc3)cc3nc(CO)cn23)n[nH]1. The van der Waals surface area contributed by atoms with Crippen molar-refractivity contribution in [1.82, 2.24) is 49.1 Å². The van der Waals surface area contributed by atoms with Gasteiger partial charge in [-0.25, -0.2) is 24.7 Å². The summed E-state index contributed by atoms with van der Waals surface area (Å²) in [5, 5.41) is 37.4. The van der Waals surface area contributed by atoms with Gasteiger partial charge in [0, 0.05) is 81.0 Å². The Kier molecular flexibility index (Phi) is 12.5. The van der Waals surface area contributed by atoms with Gasteiger partial charge in [-0.05, 0) is 95.0 Å². The number of rotatable bonds is 15. The Morgan fingerprint density at radius 3 is 1.60 bits per heavy atom. The van der Waals surface area contributed by atoms with Gasteiger partial charge in [-0.1, -0.05) is 23.5 Å². The molecule has 2 aromatic carbocycles. The first-order valence-electron chi connectivity index (χ1n) is 20.9. The highest BCUT2D eigenvalue weighted by atomic mass is 32.2. The molecular formula is C44H44N14O5S2. The van der Waals surface area contributed by atoms with Crippen molar-refractivity contribution < 1.29 is 24.2 Å². The molecule has 7 N–H and O–H groups in total. The Hall–Kier alpha value is -7.23. The van der Waals surface area contributed by atoms with Crippen molar-refractivity contribution in [2.45, 2.75) is 72.9 Å². The molecule has 2 aliphatic carbocycles. The molecule has 21 heteroatoms. The molecule has 0 aliphatic heterocycles. The fourth-order valence-electron chi connectivity index (χ4n) is 6.47. The number of fused-ring (bicyclic) bond motifs is 2. The minimum atomic E-state index is -0.495. The van der Waals surface area contributed by atoms with Crippen LogP contribution in [0.1, 0.15) is 60.2 Å². The summed E-state index contributed by atoms with van der Waals surface area (Å²) in [7, 11) is 0. The summed E-state index contributed by atoms with van der Waals surface area (Å²) in [6.45, 7) is 5.69. The fraction of sp³-hybridized carbons (Fsp3) is 0.250. The summed E-state index contributed by atoms with van der Waals surface area (Å²) in [6.07, 6.45) is 7.23. The van der Waals surface area contributed by atoms with Gasteiger partial charge in [0.25, 0.3) is 0 Å². The number of nitrogens with one attached hydrogen (secondary N) is 6. The van der Waals surface area contributed by atoms with Crippen LogP contribution in [0.5, 0.6) is 0 Å². The highest BCUT2D eigenvalue weighted by Gasteiger charge is 2.30. The number of nitrogens with zero attached hydrogens (tertiary/aromatic N) is 8. The van der Waals surface area contributed by atoms with Gasteiger partial charge in [-0.15, -0.1) is 0 Å². The van der Waals surface area contributed by atoms with Gasteiger partial charge in [0.1, 0.15) is 21.3 Å². The Balaban J connectivity index is 0.000000165. The zero-order chi connectivity index (χ0) is 45.0. The molecule has 0 spiro atoms. The maximum absolute atomic E-state index is 12.2. The number of carbonyl (C=O) groups excluding carboxylic acids is 3. The van der Waals surface area contributed by atoms with Gasteiger partial charge in [0.15, 0.2) is 17.3 Å². The molecule has 2 saturated carbocycles. The van der Waals surface area contributed by atoms with Crippen molar-refractivity contribution in [3.63, 3.8) is 0 Å². The monoisotopic (exact) mass is 912 g/mol. The van der Waals surface area contributed by atoms with E-state index in [4.69, 9.17) is 14.7 Å². The number of hydrogen-bond acceptors (Lipinski definition) is 15. The Morgan fingerprint density at radius 2 is 1.17 bits per heavy atom. The lowest BCUT2D eigenvalue weighted by Gasteiger charge is -2.09. The molecule has 10 rings (SSSR count). The van der Waals surface area contributed by atoms with Gasteiger partial charge in [-0.2, -0.15) is 10.2 Å². The van der Waals surface area contributed by atoms with E-state index >= 15 is 0 Å². The number of hydrogen-bond donors (Lipinski definition) is 7. The number of aliphatic hydroxyl groups excluding tert-OH is 1. The van der Waals surface area contributed by atoms with Crippen LogP contribution < -0.4 is 21.3 Å². The summed E-state index contributed by atoms with van der Waals surface area (Å²) >= 11 is 2.93. The van der Waals surface area contributed by atoms with E-state index in [1.807, 2.05) is 80.6 Å². The first kappa shape index (κ1) is 43.0. The van der Waals surface area contributed by atoms with E-state index in [1.54, 1.807) is 34.2 Å². The lowest BCUT2D eigenvalue weighted by atomic mass is 10.3. The van der Waals surface area contributed by atoms with E-state index in [0.29, 0.717) is 45.5 Å². The number of anilines is 6. The van der Waals surface area contributed by atoms with Crippen molar-refractivity contribution in [3.8, 4) is 0 Å². The minimum Gasteiger partial charge on any atom is -0.461 e. The third-order valence-corrected chi connectivity index (χ3v) is 11.9. The van der Waals surface area contributed by atoms with E-state index in [-0.39, 0.29) is 42.6 Å². The van der Waals surface area contributed by atoms with E-state index in [9.17, 15) is 19.5 Å². The van der Waals surface area contributed by atoms with Crippen molar-refractivity contribution in [1.29, 1.82) is 0 Å². The molecule has 0 radical (unpaired) electrons. The predicted molar refractivity (Wildman–Crippen MR) is 245 cm³/mol. The summed E-state index contributed by atoms with van der Waals surface area (Å²) in [6, 6.07) is 22.7. The third-order valence-electron chi connectivity index (χ3n) is 10.0. The van der Waals surface area contributed by atoms with Crippen molar-refractivity contribution in [3.05, 3.63) is 108 Å². The van der Waals surface area contributed by atoms with Gasteiger partial charge >= 0.3 is 5.97 Å². The smallest absolute Gasteiger partial charge is 0.358 e. The second-order valence-corrected chi connectivity index (χ2v) is 17.6. The first-order valence-corrected chi connectivity index (χ1v) is 22.5. The first-order chi connectivity index (χ1) is 31.5. The van der Waals surface area contributed by atoms with Crippen LogP contribution in [0.15, 0.2) is 105 Å². The Labute approximate surface area is 380 Å². The zero-order valence-electron chi connectivity index (χ0n) is 35.5. The molecule has 8 aromatic rings. The normalized spacial score (nSPS) is 13.3. The molecule has 2 amide bonds. The molecular weight excluding hydrogens is 869 g/mol. The number of carbonyl (C=O) groups is 3. The van der Waals surface area contributed by atoms with Crippen LogP contribution in [0, 0.1) is 25.7 Å². The molecule has 0 saturated heterocycles. The van der Waals surface area contributed by atoms with Crippen LogP contribution in [0.2, 0.25) is 0 Å². The van der Waals surface area contributed by atoms with Crippen LogP contribution in [-0.4, -0.2) is 78.6 Å². The molecule has 332 valence electrons. The number of benzene rings is 2. The summed E-state index contributed by atoms with van der Waals surface area (Å²) in [5.41, 5.74) is 5.36. The largest absolute Gasteiger partial charge is 0.461 e. The van der Waals surface area contributed by atoms with Crippen LogP contribution in [0.4, 0.5) is 34.9 Å². The number of esters is 1. The molecule has 65 heavy (non-hydrogen) atoms. The minimum absolute atomic E-state index is 0.0774. The number of ether oxygens (including phenoxy) is 1. The molecule has 2 fully saturated rings. The van der Waals surface area contributed by atoms with E-state index in [1.165, 1.54) is 23.5 Å². The van der Waals surface area contributed by atoms with E-state index in [2.05, 4.69) is 51.6 Å². The number of aromatic nitrogens is 10. The van der Waals surface area contributed by atoms with Crippen LogP contribution in [-0.2, 0) is 20.9 Å².